The summed E-state index contributed by atoms with van der Waals surface area (Å²) in [6, 6.07) is 0.684. The largest absolute Gasteiger partial charge is 0.396 e. The van der Waals surface area contributed by atoms with Crippen LogP contribution in [0.1, 0.15) is 38.5 Å². The predicted molar refractivity (Wildman–Crippen MR) is 66.9 cm³/mol. The quantitative estimate of drug-likeness (QED) is 0.647. The molecule has 0 aromatic heterocycles. The fourth-order valence-corrected chi connectivity index (χ4v) is 2.44. The molecule has 1 heterocycles. The van der Waals surface area contributed by atoms with Crippen molar-refractivity contribution in [3.05, 3.63) is 0 Å². The van der Waals surface area contributed by atoms with Gasteiger partial charge in [0.05, 0.1) is 4.99 Å². The fraction of sp³-hybridized carbons (Fsp3) is 0.909. The summed E-state index contributed by atoms with van der Waals surface area (Å²) in [5.41, 5.74) is 5.47. The highest BCUT2D eigenvalue weighted by Crippen LogP contribution is 2.21. The number of nitrogens with zero attached hydrogens (tertiary/aromatic N) is 1. The van der Waals surface area contributed by atoms with Crippen molar-refractivity contribution in [1.29, 1.82) is 0 Å². The Balaban J connectivity index is 2.17. The van der Waals surface area contributed by atoms with E-state index < -0.39 is 0 Å². The number of nitrogens with two attached hydrogens (primary N) is 1. The summed E-state index contributed by atoms with van der Waals surface area (Å²) in [5.74, 6) is 0. The van der Waals surface area contributed by atoms with Gasteiger partial charge in [-0.05, 0) is 51.6 Å². The number of likely N-dealkylation sites (tertiary alicyclic amines) is 1. The van der Waals surface area contributed by atoms with Crippen LogP contribution in [0.5, 0.6) is 0 Å². The lowest BCUT2D eigenvalue weighted by atomic mass is 10.1. The Labute approximate surface area is 97.6 Å². The molecule has 3 N–H and O–H groups in total. The fourth-order valence-electron chi connectivity index (χ4n) is 2.30. The lowest BCUT2D eigenvalue weighted by molar-refractivity contribution is 0.215. The summed E-state index contributed by atoms with van der Waals surface area (Å²) in [6.45, 7) is 2.62. The highest BCUT2D eigenvalue weighted by molar-refractivity contribution is 7.80. The molecule has 0 amide bonds. The van der Waals surface area contributed by atoms with Gasteiger partial charge in [-0.2, -0.15) is 0 Å². The molecule has 1 unspecified atom stereocenters. The lowest BCUT2D eigenvalue weighted by Gasteiger charge is -2.24. The molecule has 4 heteroatoms. The molecule has 1 aliphatic heterocycles. The van der Waals surface area contributed by atoms with E-state index in [1.807, 2.05) is 0 Å². The Kier molecular flexibility index (Phi) is 6.13. The van der Waals surface area contributed by atoms with E-state index in [1.54, 1.807) is 0 Å². The van der Waals surface area contributed by atoms with Crippen molar-refractivity contribution in [2.24, 2.45) is 5.73 Å². The van der Waals surface area contributed by atoms with Gasteiger partial charge in [0.15, 0.2) is 0 Å². The van der Waals surface area contributed by atoms with Crippen LogP contribution in [0.3, 0.4) is 0 Å². The van der Waals surface area contributed by atoms with E-state index in [0.29, 0.717) is 17.6 Å². The topological polar surface area (TPSA) is 49.5 Å². The molecule has 0 aliphatic carbocycles. The molecule has 1 atom stereocenters. The van der Waals surface area contributed by atoms with Crippen molar-refractivity contribution < 1.29 is 5.11 Å². The molecule has 0 radical (unpaired) electrons. The molecule has 3 nitrogen and oxygen atoms in total. The highest BCUT2D eigenvalue weighted by atomic mass is 32.1. The van der Waals surface area contributed by atoms with Crippen LogP contribution in [-0.2, 0) is 0 Å². The molecular weight excluding hydrogens is 208 g/mol. The number of aliphatic hydroxyl groups excluding tert-OH is 1. The highest BCUT2D eigenvalue weighted by Gasteiger charge is 2.22. The van der Waals surface area contributed by atoms with E-state index >= 15 is 0 Å². The molecule has 1 saturated heterocycles. The SMILES string of the molecule is NC(=S)CCCN1CCCC1CCCO. The second-order valence-corrected chi connectivity index (χ2v) is 4.79. The minimum Gasteiger partial charge on any atom is -0.396 e. The van der Waals surface area contributed by atoms with Gasteiger partial charge in [-0.15, -0.1) is 0 Å². The van der Waals surface area contributed by atoms with Gasteiger partial charge in [-0.3, -0.25) is 0 Å². The average molecular weight is 230 g/mol. The van der Waals surface area contributed by atoms with Crippen molar-refractivity contribution in [3.8, 4) is 0 Å². The van der Waals surface area contributed by atoms with Gasteiger partial charge >= 0.3 is 0 Å². The van der Waals surface area contributed by atoms with Crippen molar-refractivity contribution in [3.63, 3.8) is 0 Å². The first-order valence-electron chi connectivity index (χ1n) is 5.87. The number of rotatable bonds is 7. The zero-order valence-electron chi connectivity index (χ0n) is 9.32. The van der Waals surface area contributed by atoms with E-state index in [-0.39, 0.29) is 0 Å². The molecule has 0 saturated carbocycles. The van der Waals surface area contributed by atoms with Crippen LogP contribution in [0.15, 0.2) is 0 Å². The normalized spacial score (nSPS) is 22.1. The van der Waals surface area contributed by atoms with E-state index in [1.165, 1.54) is 19.4 Å². The second-order valence-electron chi connectivity index (χ2n) is 4.27. The maximum absolute atomic E-state index is 8.81. The summed E-state index contributed by atoms with van der Waals surface area (Å²) >= 11 is 4.86. The minimum atomic E-state index is 0.317. The summed E-state index contributed by atoms with van der Waals surface area (Å²) in [5, 5.41) is 8.81. The van der Waals surface area contributed by atoms with Crippen LogP contribution < -0.4 is 5.73 Å². The standard InChI is InChI=1S/C11H22N2OS/c12-11(15)6-2-8-13-7-1-4-10(13)5-3-9-14/h10,14H,1-9H2,(H2,12,15). The summed E-state index contributed by atoms with van der Waals surface area (Å²) in [7, 11) is 0. The average Bonchev–Trinajstić information content (AvgIpc) is 2.62. The molecule has 1 rings (SSSR count). The van der Waals surface area contributed by atoms with E-state index in [4.69, 9.17) is 23.1 Å². The van der Waals surface area contributed by atoms with Crippen molar-refractivity contribution in [2.75, 3.05) is 19.7 Å². The molecule has 88 valence electrons. The summed E-state index contributed by atoms with van der Waals surface area (Å²) < 4.78 is 0. The maximum Gasteiger partial charge on any atom is 0.0727 e. The Morgan fingerprint density at radius 2 is 2.27 bits per heavy atom. The van der Waals surface area contributed by atoms with E-state index in [9.17, 15) is 0 Å². The number of aliphatic hydroxyl groups is 1. The van der Waals surface area contributed by atoms with E-state index in [0.717, 1.165) is 32.2 Å². The van der Waals surface area contributed by atoms with Gasteiger partial charge in [0.2, 0.25) is 0 Å². The molecule has 1 fully saturated rings. The van der Waals surface area contributed by atoms with Gasteiger partial charge in [0.1, 0.15) is 0 Å². The number of thiocarbonyl (C=S) groups is 1. The predicted octanol–water partition coefficient (Wildman–Crippen LogP) is 1.29. The van der Waals surface area contributed by atoms with Crippen molar-refractivity contribution >= 4 is 17.2 Å². The van der Waals surface area contributed by atoms with Crippen molar-refractivity contribution in [2.45, 2.75) is 44.6 Å². The van der Waals surface area contributed by atoms with Crippen LogP contribution in [0.25, 0.3) is 0 Å². The Morgan fingerprint density at radius 1 is 1.47 bits per heavy atom. The smallest absolute Gasteiger partial charge is 0.0727 e. The zero-order valence-corrected chi connectivity index (χ0v) is 10.1. The van der Waals surface area contributed by atoms with Crippen LogP contribution >= 0.6 is 12.2 Å². The Morgan fingerprint density at radius 3 is 2.93 bits per heavy atom. The Hall–Kier alpha value is -0.190. The summed E-state index contributed by atoms with van der Waals surface area (Å²) in [4.78, 5) is 3.15. The number of hydrogen-bond acceptors (Lipinski definition) is 3. The van der Waals surface area contributed by atoms with Crippen molar-refractivity contribution in [1.82, 2.24) is 4.90 Å². The maximum atomic E-state index is 8.81. The zero-order chi connectivity index (χ0) is 11.1. The third-order valence-electron chi connectivity index (χ3n) is 3.06. The van der Waals surface area contributed by atoms with Gasteiger partial charge in [-0.1, -0.05) is 12.2 Å². The first kappa shape index (κ1) is 12.9. The number of hydrogen-bond donors (Lipinski definition) is 2. The minimum absolute atomic E-state index is 0.317. The van der Waals surface area contributed by atoms with Gasteiger partial charge < -0.3 is 15.7 Å². The summed E-state index contributed by atoms with van der Waals surface area (Å²) in [6.07, 6.45) is 6.57. The molecule has 0 bridgehead atoms. The third kappa shape index (κ3) is 4.91. The first-order valence-corrected chi connectivity index (χ1v) is 6.28. The molecule has 0 spiro atoms. The molecule has 0 aromatic carbocycles. The van der Waals surface area contributed by atoms with Crippen LogP contribution in [0.4, 0.5) is 0 Å². The monoisotopic (exact) mass is 230 g/mol. The molecular formula is C11H22N2OS. The molecule has 15 heavy (non-hydrogen) atoms. The lowest BCUT2D eigenvalue weighted by Crippen LogP contribution is -2.31. The second kappa shape index (κ2) is 7.14. The Bertz CT molecular complexity index is 199. The van der Waals surface area contributed by atoms with Crippen LogP contribution in [0.2, 0.25) is 0 Å². The van der Waals surface area contributed by atoms with Gasteiger partial charge in [0.25, 0.3) is 0 Å². The van der Waals surface area contributed by atoms with Gasteiger partial charge in [0, 0.05) is 12.6 Å². The first-order chi connectivity index (χ1) is 7.24. The molecule has 1 aliphatic rings. The van der Waals surface area contributed by atoms with Gasteiger partial charge in [-0.25, -0.2) is 0 Å². The van der Waals surface area contributed by atoms with Crippen LogP contribution in [0, 0.1) is 0 Å². The molecule has 0 aromatic rings. The van der Waals surface area contributed by atoms with E-state index in [2.05, 4.69) is 4.90 Å². The third-order valence-corrected chi connectivity index (χ3v) is 3.27. The van der Waals surface area contributed by atoms with Crippen LogP contribution in [-0.4, -0.2) is 40.7 Å².